The number of carbonyl (C=O) groups excluding carboxylic acids is 2. The summed E-state index contributed by atoms with van der Waals surface area (Å²) < 4.78 is 0. The number of hydrogen-bond donors (Lipinski definition) is 1. The lowest BCUT2D eigenvalue weighted by Gasteiger charge is -2.20. The SMILES string of the molecule is CC(C)c1ncc(N)c(C(=O)N2CCCN(C)C(=O)C2)n1. The second kappa shape index (κ2) is 6.07. The number of nitrogen functional groups attached to an aromatic ring is 1. The highest BCUT2D eigenvalue weighted by molar-refractivity contribution is 5.98. The summed E-state index contributed by atoms with van der Waals surface area (Å²) in [6.45, 7) is 5.14. The van der Waals surface area contributed by atoms with Gasteiger partial charge in [-0.1, -0.05) is 13.8 Å². The minimum Gasteiger partial charge on any atom is -0.396 e. The zero-order valence-electron chi connectivity index (χ0n) is 12.7. The van der Waals surface area contributed by atoms with E-state index in [2.05, 4.69) is 9.97 Å². The van der Waals surface area contributed by atoms with E-state index in [9.17, 15) is 9.59 Å². The molecular formula is C14H21N5O2. The van der Waals surface area contributed by atoms with Crippen molar-refractivity contribution in [3.8, 4) is 0 Å². The van der Waals surface area contributed by atoms with Crippen LogP contribution in [0.15, 0.2) is 6.20 Å². The van der Waals surface area contributed by atoms with Gasteiger partial charge in [0, 0.05) is 26.1 Å². The molecule has 2 rings (SSSR count). The van der Waals surface area contributed by atoms with Gasteiger partial charge in [0.1, 0.15) is 12.4 Å². The van der Waals surface area contributed by atoms with Crippen LogP contribution in [0, 0.1) is 0 Å². The number of rotatable bonds is 2. The molecule has 0 saturated carbocycles. The van der Waals surface area contributed by atoms with Gasteiger partial charge in [0.15, 0.2) is 5.69 Å². The Morgan fingerprint density at radius 3 is 2.76 bits per heavy atom. The molecule has 2 N–H and O–H groups in total. The first-order valence-corrected chi connectivity index (χ1v) is 7.05. The summed E-state index contributed by atoms with van der Waals surface area (Å²) in [5.74, 6) is 0.304. The fourth-order valence-corrected chi connectivity index (χ4v) is 2.16. The van der Waals surface area contributed by atoms with Gasteiger partial charge in [-0.3, -0.25) is 9.59 Å². The molecule has 1 aromatic heterocycles. The quantitative estimate of drug-likeness (QED) is 0.856. The van der Waals surface area contributed by atoms with Crippen LogP contribution in [0.1, 0.15) is 42.5 Å². The average Bonchev–Trinajstić information content (AvgIpc) is 2.61. The van der Waals surface area contributed by atoms with E-state index in [0.717, 1.165) is 6.42 Å². The molecule has 0 bridgehead atoms. The van der Waals surface area contributed by atoms with E-state index in [1.165, 1.54) is 11.1 Å². The molecule has 7 nitrogen and oxygen atoms in total. The molecule has 21 heavy (non-hydrogen) atoms. The first-order valence-electron chi connectivity index (χ1n) is 7.05. The van der Waals surface area contributed by atoms with Crippen molar-refractivity contribution in [2.24, 2.45) is 0 Å². The van der Waals surface area contributed by atoms with Crippen LogP contribution < -0.4 is 5.73 Å². The van der Waals surface area contributed by atoms with Crippen molar-refractivity contribution in [3.05, 3.63) is 17.7 Å². The van der Waals surface area contributed by atoms with Gasteiger partial charge in [-0.2, -0.15) is 0 Å². The predicted octanol–water partition coefficient (Wildman–Crippen LogP) is 0.487. The van der Waals surface area contributed by atoms with Gasteiger partial charge < -0.3 is 15.5 Å². The lowest BCUT2D eigenvalue weighted by atomic mass is 10.2. The van der Waals surface area contributed by atoms with E-state index in [1.807, 2.05) is 13.8 Å². The van der Waals surface area contributed by atoms with Gasteiger partial charge in [0.05, 0.1) is 11.9 Å². The molecule has 114 valence electrons. The highest BCUT2D eigenvalue weighted by Crippen LogP contribution is 2.16. The molecule has 0 aliphatic carbocycles. The maximum Gasteiger partial charge on any atom is 0.275 e. The van der Waals surface area contributed by atoms with Crippen molar-refractivity contribution in [3.63, 3.8) is 0 Å². The summed E-state index contributed by atoms with van der Waals surface area (Å²) in [6, 6.07) is 0. The molecule has 1 fully saturated rings. The van der Waals surface area contributed by atoms with Crippen molar-refractivity contribution in [1.82, 2.24) is 19.8 Å². The van der Waals surface area contributed by atoms with Crippen LogP contribution in [0.25, 0.3) is 0 Å². The van der Waals surface area contributed by atoms with E-state index >= 15 is 0 Å². The highest BCUT2D eigenvalue weighted by atomic mass is 16.2. The number of amides is 2. The standard InChI is InChI=1S/C14H21N5O2/c1-9(2)13-16-7-10(15)12(17-13)14(21)19-6-4-5-18(3)11(20)8-19/h7,9H,4-6,8,15H2,1-3H3. The Labute approximate surface area is 124 Å². The Kier molecular flexibility index (Phi) is 4.40. The first kappa shape index (κ1) is 15.2. The second-order valence-electron chi connectivity index (χ2n) is 5.58. The molecule has 2 amide bonds. The average molecular weight is 291 g/mol. The smallest absolute Gasteiger partial charge is 0.275 e. The van der Waals surface area contributed by atoms with Gasteiger partial charge in [-0.25, -0.2) is 9.97 Å². The number of carbonyl (C=O) groups is 2. The summed E-state index contributed by atoms with van der Waals surface area (Å²) in [6.07, 6.45) is 2.21. The van der Waals surface area contributed by atoms with Gasteiger partial charge in [0.2, 0.25) is 5.91 Å². The van der Waals surface area contributed by atoms with Crippen molar-refractivity contribution in [1.29, 1.82) is 0 Å². The maximum atomic E-state index is 12.6. The van der Waals surface area contributed by atoms with Crippen LogP contribution >= 0.6 is 0 Å². The molecule has 2 heterocycles. The van der Waals surface area contributed by atoms with Crippen molar-refractivity contribution >= 4 is 17.5 Å². The topological polar surface area (TPSA) is 92.4 Å². The van der Waals surface area contributed by atoms with Crippen LogP contribution in [0.5, 0.6) is 0 Å². The Balaban J connectivity index is 2.26. The third-order valence-corrected chi connectivity index (χ3v) is 3.52. The molecular weight excluding hydrogens is 270 g/mol. The molecule has 7 heteroatoms. The zero-order chi connectivity index (χ0) is 15.6. The van der Waals surface area contributed by atoms with E-state index in [4.69, 9.17) is 5.73 Å². The molecule has 1 aromatic rings. The van der Waals surface area contributed by atoms with Crippen molar-refractivity contribution in [2.75, 3.05) is 32.4 Å². The lowest BCUT2D eigenvalue weighted by molar-refractivity contribution is -0.129. The van der Waals surface area contributed by atoms with Crippen LogP contribution in [0.2, 0.25) is 0 Å². The van der Waals surface area contributed by atoms with Crippen LogP contribution in [0.4, 0.5) is 5.69 Å². The van der Waals surface area contributed by atoms with Gasteiger partial charge in [0.25, 0.3) is 5.91 Å². The molecule has 0 radical (unpaired) electrons. The second-order valence-corrected chi connectivity index (χ2v) is 5.58. The van der Waals surface area contributed by atoms with E-state index < -0.39 is 0 Å². The minimum atomic E-state index is -0.305. The summed E-state index contributed by atoms with van der Waals surface area (Å²) in [7, 11) is 1.74. The monoisotopic (exact) mass is 291 g/mol. The Hall–Kier alpha value is -2.18. The summed E-state index contributed by atoms with van der Waals surface area (Å²) in [5, 5.41) is 0. The molecule has 0 unspecified atom stereocenters. The van der Waals surface area contributed by atoms with E-state index in [0.29, 0.717) is 18.9 Å². The molecule has 1 aliphatic rings. The first-order chi connectivity index (χ1) is 9.90. The molecule has 0 spiro atoms. The predicted molar refractivity (Wildman–Crippen MR) is 78.7 cm³/mol. The zero-order valence-corrected chi connectivity index (χ0v) is 12.7. The number of hydrogen-bond acceptors (Lipinski definition) is 5. The van der Waals surface area contributed by atoms with Gasteiger partial charge in [-0.15, -0.1) is 0 Å². The third kappa shape index (κ3) is 3.29. The Morgan fingerprint density at radius 1 is 1.38 bits per heavy atom. The molecule has 1 aliphatic heterocycles. The molecule has 0 aromatic carbocycles. The number of anilines is 1. The van der Waals surface area contributed by atoms with E-state index in [1.54, 1.807) is 11.9 Å². The van der Waals surface area contributed by atoms with Crippen molar-refractivity contribution in [2.45, 2.75) is 26.2 Å². The fourth-order valence-electron chi connectivity index (χ4n) is 2.16. The van der Waals surface area contributed by atoms with Crippen LogP contribution in [-0.4, -0.2) is 58.3 Å². The maximum absolute atomic E-state index is 12.6. The van der Waals surface area contributed by atoms with Gasteiger partial charge >= 0.3 is 0 Å². The summed E-state index contributed by atoms with van der Waals surface area (Å²) in [4.78, 5) is 36.0. The number of likely N-dealkylation sites (N-methyl/N-ethyl adjacent to an activating group) is 1. The highest BCUT2D eigenvalue weighted by Gasteiger charge is 2.26. The number of nitrogens with two attached hydrogens (primary N) is 1. The summed E-state index contributed by atoms with van der Waals surface area (Å²) >= 11 is 0. The summed E-state index contributed by atoms with van der Waals surface area (Å²) in [5.41, 5.74) is 6.26. The molecule has 0 atom stereocenters. The normalized spacial score (nSPS) is 16.3. The molecule has 1 saturated heterocycles. The Bertz CT molecular complexity index is 558. The van der Waals surface area contributed by atoms with E-state index in [-0.39, 0.29) is 35.7 Å². The minimum absolute atomic E-state index is 0.0653. The largest absolute Gasteiger partial charge is 0.396 e. The van der Waals surface area contributed by atoms with Crippen LogP contribution in [0.3, 0.4) is 0 Å². The fraction of sp³-hybridized carbons (Fsp3) is 0.571. The lowest BCUT2D eigenvalue weighted by Crippen LogP contribution is -2.38. The third-order valence-electron chi connectivity index (χ3n) is 3.52. The number of aromatic nitrogens is 2. The number of nitrogens with zero attached hydrogens (tertiary/aromatic N) is 4. The van der Waals surface area contributed by atoms with Crippen molar-refractivity contribution < 1.29 is 9.59 Å². The van der Waals surface area contributed by atoms with Gasteiger partial charge in [-0.05, 0) is 6.42 Å². The van der Waals surface area contributed by atoms with Crippen LogP contribution in [-0.2, 0) is 4.79 Å². The Morgan fingerprint density at radius 2 is 2.10 bits per heavy atom.